The van der Waals surface area contributed by atoms with Crippen LogP contribution in [0.15, 0.2) is 72.8 Å². The number of likely N-dealkylation sites (tertiary alicyclic amines) is 1. The van der Waals surface area contributed by atoms with Gasteiger partial charge in [-0.05, 0) is 48.4 Å². The molecule has 2 heterocycles. The van der Waals surface area contributed by atoms with E-state index in [4.69, 9.17) is 14.6 Å². The first-order valence-corrected chi connectivity index (χ1v) is 15.2. The Bertz CT molecular complexity index is 1560. The van der Waals surface area contributed by atoms with Crippen LogP contribution < -0.4 is 20.1 Å². The number of rotatable bonds is 10. The second-order valence-electron chi connectivity index (χ2n) is 11.5. The van der Waals surface area contributed by atoms with Gasteiger partial charge >= 0.3 is 12.0 Å². The standard InChI is InChI=1S/C34H39N5O7/c1-23-8-6-7-11-27(23)35-34(44)36-28-13-12-24(18-30(28)45-2)19-31(40)39-21-26(46-25-9-4-3-5-10-25)20-29(39)33(43)38-16-14-37(15-17-38)22-32(41)42/h3-13,18,26,29H,14-17,19-22H2,1-2H3,(H,41,42)(H2,35,36,44). The van der Waals surface area contributed by atoms with E-state index in [0.717, 1.165) is 5.56 Å². The van der Waals surface area contributed by atoms with Crippen molar-refractivity contribution < 1.29 is 33.8 Å². The number of amides is 4. The highest BCUT2D eigenvalue weighted by molar-refractivity contribution is 6.01. The van der Waals surface area contributed by atoms with Gasteiger partial charge in [0.2, 0.25) is 11.8 Å². The van der Waals surface area contributed by atoms with Crippen molar-refractivity contribution in [3.05, 3.63) is 83.9 Å². The highest BCUT2D eigenvalue weighted by atomic mass is 16.5. The van der Waals surface area contributed by atoms with E-state index in [0.29, 0.717) is 61.0 Å². The minimum absolute atomic E-state index is 0.0142. The number of ether oxygens (including phenoxy) is 2. The summed E-state index contributed by atoms with van der Waals surface area (Å²) >= 11 is 0. The number of piperazine rings is 1. The molecule has 0 bridgehead atoms. The number of carboxylic acids is 1. The maximum Gasteiger partial charge on any atom is 0.323 e. The largest absolute Gasteiger partial charge is 0.495 e. The smallest absolute Gasteiger partial charge is 0.323 e. The molecule has 0 saturated carbocycles. The highest BCUT2D eigenvalue weighted by Crippen LogP contribution is 2.29. The first kappa shape index (κ1) is 32.3. The van der Waals surface area contributed by atoms with Gasteiger partial charge in [0.05, 0.1) is 32.3 Å². The van der Waals surface area contributed by atoms with Gasteiger partial charge in [-0.25, -0.2) is 4.79 Å². The van der Waals surface area contributed by atoms with Crippen LogP contribution in [0.25, 0.3) is 0 Å². The van der Waals surface area contributed by atoms with Gasteiger partial charge in [0, 0.05) is 38.3 Å². The molecule has 0 aromatic heterocycles. The summed E-state index contributed by atoms with van der Waals surface area (Å²) in [6, 6.07) is 20.7. The molecule has 242 valence electrons. The number of carbonyl (C=O) groups excluding carboxylic acids is 3. The molecule has 0 spiro atoms. The average molecular weight is 630 g/mol. The number of aryl methyl sites for hydroxylation is 1. The monoisotopic (exact) mass is 629 g/mol. The summed E-state index contributed by atoms with van der Waals surface area (Å²) in [5, 5.41) is 14.7. The van der Waals surface area contributed by atoms with Crippen molar-refractivity contribution in [1.82, 2.24) is 14.7 Å². The molecule has 3 N–H and O–H groups in total. The Morgan fingerprint density at radius 3 is 2.28 bits per heavy atom. The third kappa shape index (κ3) is 8.13. The third-order valence-electron chi connectivity index (χ3n) is 8.22. The van der Waals surface area contributed by atoms with Gasteiger partial charge in [-0.1, -0.05) is 42.5 Å². The lowest BCUT2D eigenvalue weighted by atomic mass is 10.1. The van der Waals surface area contributed by atoms with Crippen LogP contribution in [0.1, 0.15) is 17.5 Å². The Morgan fingerprint density at radius 2 is 1.59 bits per heavy atom. The summed E-state index contributed by atoms with van der Waals surface area (Å²) in [7, 11) is 1.49. The average Bonchev–Trinajstić information content (AvgIpc) is 3.47. The summed E-state index contributed by atoms with van der Waals surface area (Å²) in [5.74, 6) is -0.251. The fourth-order valence-electron chi connectivity index (χ4n) is 5.83. The minimum Gasteiger partial charge on any atom is -0.495 e. The van der Waals surface area contributed by atoms with Crippen molar-refractivity contribution in [3.63, 3.8) is 0 Å². The lowest BCUT2D eigenvalue weighted by Gasteiger charge is -2.36. The molecule has 2 unspecified atom stereocenters. The fraction of sp³-hybridized carbons (Fsp3) is 0.353. The number of carboxylic acid groups (broad SMARTS) is 1. The Kier molecular flexibility index (Phi) is 10.4. The van der Waals surface area contributed by atoms with Gasteiger partial charge in [-0.2, -0.15) is 0 Å². The van der Waals surface area contributed by atoms with Crippen LogP contribution in [0.5, 0.6) is 11.5 Å². The lowest BCUT2D eigenvalue weighted by molar-refractivity contribution is -0.145. The second-order valence-corrected chi connectivity index (χ2v) is 11.5. The molecule has 0 radical (unpaired) electrons. The van der Waals surface area contributed by atoms with Crippen LogP contribution in [0, 0.1) is 6.92 Å². The number of nitrogens with one attached hydrogen (secondary N) is 2. The molecular formula is C34H39N5O7. The molecule has 2 aliphatic rings. The molecule has 0 aliphatic carbocycles. The van der Waals surface area contributed by atoms with Crippen molar-refractivity contribution in [2.24, 2.45) is 0 Å². The van der Waals surface area contributed by atoms with Gasteiger partial charge in [-0.15, -0.1) is 0 Å². The topological polar surface area (TPSA) is 141 Å². The van der Waals surface area contributed by atoms with Crippen molar-refractivity contribution in [1.29, 1.82) is 0 Å². The number of carbonyl (C=O) groups is 4. The quantitative estimate of drug-likeness (QED) is 0.310. The Labute approximate surface area is 267 Å². The molecule has 2 aliphatic heterocycles. The second kappa shape index (κ2) is 14.8. The molecule has 5 rings (SSSR count). The van der Waals surface area contributed by atoms with E-state index in [-0.39, 0.29) is 37.4 Å². The van der Waals surface area contributed by atoms with Crippen molar-refractivity contribution >= 4 is 35.2 Å². The van der Waals surface area contributed by atoms with E-state index in [2.05, 4.69) is 10.6 Å². The number of aliphatic carboxylic acids is 1. The van der Waals surface area contributed by atoms with Crippen molar-refractivity contribution in [3.8, 4) is 11.5 Å². The molecule has 2 saturated heterocycles. The molecule has 12 heteroatoms. The van der Waals surface area contributed by atoms with Crippen LogP contribution in [0.2, 0.25) is 0 Å². The normalized spacial score (nSPS) is 18.1. The Balaban J connectivity index is 1.27. The van der Waals surface area contributed by atoms with Gasteiger partial charge in [0.25, 0.3) is 0 Å². The number of nitrogens with zero attached hydrogens (tertiary/aromatic N) is 3. The van der Waals surface area contributed by atoms with Crippen molar-refractivity contribution in [2.45, 2.75) is 31.9 Å². The number of methoxy groups -OCH3 is 1. The summed E-state index contributed by atoms with van der Waals surface area (Å²) in [6.45, 7) is 3.75. The van der Waals surface area contributed by atoms with E-state index in [9.17, 15) is 19.2 Å². The van der Waals surface area contributed by atoms with E-state index < -0.39 is 18.0 Å². The van der Waals surface area contributed by atoms with Gasteiger partial charge in [-0.3, -0.25) is 19.3 Å². The molecule has 4 amide bonds. The van der Waals surface area contributed by atoms with Gasteiger partial charge in [0.15, 0.2) is 0 Å². The highest BCUT2D eigenvalue weighted by Gasteiger charge is 2.42. The molecular weight excluding hydrogens is 590 g/mol. The van der Waals surface area contributed by atoms with Crippen LogP contribution >= 0.6 is 0 Å². The van der Waals surface area contributed by atoms with Crippen LogP contribution in [-0.2, 0) is 20.8 Å². The molecule has 3 aromatic rings. The first-order chi connectivity index (χ1) is 22.2. The van der Waals surface area contributed by atoms with Gasteiger partial charge in [0.1, 0.15) is 23.6 Å². The Morgan fingerprint density at radius 1 is 0.891 bits per heavy atom. The molecule has 2 fully saturated rings. The van der Waals surface area contributed by atoms with Crippen LogP contribution in [0.3, 0.4) is 0 Å². The molecule has 46 heavy (non-hydrogen) atoms. The van der Waals surface area contributed by atoms with E-state index >= 15 is 0 Å². The predicted molar refractivity (Wildman–Crippen MR) is 172 cm³/mol. The van der Waals surface area contributed by atoms with Crippen LogP contribution in [-0.4, -0.2) is 102 Å². The Hall–Kier alpha value is -5.10. The molecule has 12 nitrogen and oxygen atoms in total. The maximum atomic E-state index is 13.8. The van der Waals surface area contributed by atoms with E-state index in [1.807, 2.05) is 61.5 Å². The number of para-hydroxylation sites is 2. The summed E-state index contributed by atoms with van der Waals surface area (Å²) < 4.78 is 11.7. The third-order valence-corrected chi connectivity index (χ3v) is 8.22. The fourth-order valence-corrected chi connectivity index (χ4v) is 5.83. The van der Waals surface area contributed by atoms with Crippen LogP contribution in [0.4, 0.5) is 16.2 Å². The molecule has 2 atom stereocenters. The lowest BCUT2D eigenvalue weighted by Crippen LogP contribution is -2.55. The summed E-state index contributed by atoms with van der Waals surface area (Å²) in [6.07, 6.45) is -0.0152. The summed E-state index contributed by atoms with van der Waals surface area (Å²) in [5.41, 5.74) is 2.71. The molecule has 3 aromatic carbocycles. The SMILES string of the molecule is COc1cc(CC(=O)N2CC(Oc3ccccc3)CC2C(=O)N2CCN(CC(=O)O)CC2)ccc1NC(=O)Nc1ccccc1C. The number of anilines is 2. The number of hydrogen-bond donors (Lipinski definition) is 3. The maximum absolute atomic E-state index is 13.8. The van der Waals surface area contributed by atoms with E-state index in [1.165, 1.54) is 7.11 Å². The first-order valence-electron chi connectivity index (χ1n) is 15.2. The number of benzene rings is 3. The zero-order valence-electron chi connectivity index (χ0n) is 26.0. The zero-order valence-corrected chi connectivity index (χ0v) is 26.0. The van der Waals surface area contributed by atoms with Crippen molar-refractivity contribution in [2.75, 3.05) is 57.0 Å². The number of urea groups is 1. The summed E-state index contributed by atoms with van der Waals surface area (Å²) in [4.78, 5) is 56.5. The number of hydrogen-bond acceptors (Lipinski definition) is 7. The van der Waals surface area contributed by atoms with Gasteiger partial charge < -0.3 is 35.0 Å². The minimum atomic E-state index is -0.903. The zero-order chi connectivity index (χ0) is 32.6. The predicted octanol–water partition coefficient (Wildman–Crippen LogP) is 3.47. The van der Waals surface area contributed by atoms with E-state index in [1.54, 1.807) is 32.9 Å².